The lowest BCUT2D eigenvalue weighted by Gasteiger charge is -2.05. The molecule has 0 heterocycles. The number of ketones is 2. The molecule has 10 heavy (non-hydrogen) atoms. The van der Waals surface area contributed by atoms with Gasteiger partial charge in [0.1, 0.15) is 11.6 Å². The second kappa shape index (κ2) is 4.20. The Balaban J connectivity index is 0.000000150. The van der Waals surface area contributed by atoms with Gasteiger partial charge in [0.2, 0.25) is 0 Å². The van der Waals surface area contributed by atoms with Gasteiger partial charge in [-0.1, -0.05) is 7.43 Å². The minimum atomic E-state index is 0. The fourth-order valence-corrected chi connectivity index (χ4v) is 0.372. The molecule has 0 amide bonds. The van der Waals surface area contributed by atoms with E-state index in [1.54, 1.807) is 0 Å². The monoisotopic (exact) mass is 142 g/mol. The van der Waals surface area contributed by atoms with E-state index in [1.807, 2.05) is 0 Å². The third-order valence-corrected chi connectivity index (χ3v) is 1.37. The maximum absolute atomic E-state index is 9.90. The van der Waals surface area contributed by atoms with Gasteiger partial charge in [-0.3, -0.25) is 9.59 Å². The maximum Gasteiger partial charge on any atom is 0.133 e. The second-order valence-corrected chi connectivity index (χ2v) is 2.43. The third kappa shape index (κ3) is 4.24. The lowest BCUT2D eigenvalue weighted by atomic mass is 9.99. The van der Waals surface area contributed by atoms with Crippen molar-refractivity contribution < 1.29 is 9.59 Å². The number of carbonyl (C=O) groups excluding carboxylic acids is 2. The molecule has 0 aromatic heterocycles. The molecule has 58 valence electrons. The molecule has 0 saturated heterocycles. The van der Waals surface area contributed by atoms with Crippen LogP contribution in [0.2, 0.25) is 0 Å². The number of rotatable bonds is 0. The van der Waals surface area contributed by atoms with E-state index in [-0.39, 0.29) is 7.43 Å². The Labute approximate surface area is 61.6 Å². The summed E-state index contributed by atoms with van der Waals surface area (Å²) in [4.78, 5) is 19.5. The Morgan fingerprint density at radius 1 is 0.800 bits per heavy atom. The largest absolute Gasteiger partial charge is 0.300 e. The van der Waals surface area contributed by atoms with Crippen LogP contribution in [0.25, 0.3) is 0 Å². The molecule has 0 N–H and O–H groups in total. The molecule has 2 nitrogen and oxygen atoms in total. The molecular weight excluding hydrogens is 128 g/mol. The fraction of sp³-hybridized carbons (Fsp3) is 0.750. The SMILES string of the molecule is C.O=C1CC1.O=C1CCC1. The van der Waals surface area contributed by atoms with Crippen molar-refractivity contribution in [2.45, 2.75) is 39.5 Å². The molecule has 0 aliphatic heterocycles. The quantitative estimate of drug-likeness (QED) is 0.516. The smallest absolute Gasteiger partial charge is 0.133 e. The molecule has 2 fully saturated rings. The molecule has 2 aliphatic carbocycles. The predicted octanol–water partition coefficient (Wildman–Crippen LogP) is 1.72. The van der Waals surface area contributed by atoms with Gasteiger partial charge in [-0.15, -0.1) is 0 Å². The summed E-state index contributed by atoms with van der Waals surface area (Å²) in [6.45, 7) is 0. The topological polar surface area (TPSA) is 34.1 Å². The predicted molar refractivity (Wildman–Crippen MR) is 39.8 cm³/mol. The van der Waals surface area contributed by atoms with Crippen molar-refractivity contribution in [3.63, 3.8) is 0 Å². The average Bonchev–Trinajstić information content (AvgIpc) is 2.47. The summed E-state index contributed by atoms with van der Waals surface area (Å²) < 4.78 is 0. The molecule has 2 saturated carbocycles. The first kappa shape index (κ1) is 9.34. The van der Waals surface area contributed by atoms with Crippen molar-refractivity contribution >= 4 is 11.6 Å². The Kier molecular flexibility index (Phi) is 3.93. The van der Waals surface area contributed by atoms with Gasteiger partial charge in [0.05, 0.1) is 0 Å². The minimum Gasteiger partial charge on any atom is -0.300 e. The molecule has 0 radical (unpaired) electrons. The van der Waals surface area contributed by atoms with Crippen LogP contribution in [-0.4, -0.2) is 11.6 Å². The molecule has 2 rings (SSSR count). The summed E-state index contributed by atoms with van der Waals surface area (Å²) in [6.07, 6.45) is 4.53. The van der Waals surface area contributed by atoms with Gasteiger partial charge in [-0.2, -0.15) is 0 Å². The number of hydrogen-bond donors (Lipinski definition) is 0. The van der Waals surface area contributed by atoms with Gasteiger partial charge in [0, 0.05) is 25.7 Å². The molecule has 2 aliphatic rings. The van der Waals surface area contributed by atoms with Gasteiger partial charge < -0.3 is 0 Å². The van der Waals surface area contributed by atoms with Crippen molar-refractivity contribution in [2.24, 2.45) is 0 Å². The van der Waals surface area contributed by atoms with Crippen LogP contribution in [0.3, 0.4) is 0 Å². The zero-order valence-corrected chi connectivity index (χ0v) is 5.35. The molecule has 0 bridgehead atoms. The van der Waals surface area contributed by atoms with Gasteiger partial charge in [0.25, 0.3) is 0 Å². The second-order valence-electron chi connectivity index (χ2n) is 2.43. The summed E-state index contributed by atoms with van der Waals surface area (Å²) in [7, 11) is 0. The standard InChI is InChI=1S/C4H6O.C3H4O.CH4/c5-4-2-1-3-4;4-3-1-2-3;/h1-3H2;1-2H2;1H4. The highest BCUT2D eigenvalue weighted by molar-refractivity contribution is 5.92. The first-order valence-corrected chi connectivity index (χ1v) is 3.32. The van der Waals surface area contributed by atoms with E-state index in [0.29, 0.717) is 11.6 Å². The maximum atomic E-state index is 9.90. The summed E-state index contributed by atoms with van der Waals surface area (Å²) >= 11 is 0. The van der Waals surface area contributed by atoms with E-state index in [4.69, 9.17) is 0 Å². The zero-order chi connectivity index (χ0) is 6.69. The Morgan fingerprint density at radius 2 is 1.00 bits per heavy atom. The van der Waals surface area contributed by atoms with Crippen LogP contribution >= 0.6 is 0 Å². The summed E-state index contributed by atoms with van der Waals surface area (Å²) in [6, 6.07) is 0. The van der Waals surface area contributed by atoms with Crippen molar-refractivity contribution in [1.82, 2.24) is 0 Å². The molecule has 0 atom stereocenters. The Hall–Kier alpha value is -0.660. The lowest BCUT2D eigenvalue weighted by molar-refractivity contribution is -0.123. The van der Waals surface area contributed by atoms with Gasteiger partial charge in [-0.25, -0.2) is 0 Å². The van der Waals surface area contributed by atoms with Gasteiger partial charge in [-0.05, 0) is 6.42 Å². The van der Waals surface area contributed by atoms with Crippen LogP contribution in [0, 0.1) is 0 Å². The molecule has 0 aromatic rings. The summed E-state index contributed by atoms with van der Waals surface area (Å²) in [5.41, 5.74) is 0. The normalized spacial score (nSPS) is 19.6. The van der Waals surface area contributed by atoms with Crippen LogP contribution in [0.15, 0.2) is 0 Å². The van der Waals surface area contributed by atoms with E-state index in [1.165, 1.54) is 0 Å². The average molecular weight is 142 g/mol. The van der Waals surface area contributed by atoms with Crippen LogP contribution < -0.4 is 0 Å². The highest BCUT2D eigenvalue weighted by Gasteiger charge is 2.13. The highest BCUT2D eigenvalue weighted by atomic mass is 16.1. The zero-order valence-electron chi connectivity index (χ0n) is 5.35. The Morgan fingerprint density at radius 3 is 1.00 bits per heavy atom. The highest BCUT2D eigenvalue weighted by Crippen LogP contribution is 2.10. The van der Waals surface area contributed by atoms with Crippen molar-refractivity contribution in [2.75, 3.05) is 0 Å². The number of Topliss-reactive ketones (excluding diaryl/α,β-unsaturated/α-hetero) is 2. The van der Waals surface area contributed by atoms with Crippen LogP contribution in [0.1, 0.15) is 39.5 Å². The summed E-state index contributed by atoms with van der Waals surface area (Å²) in [5, 5.41) is 0. The third-order valence-electron chi connectivity index (χ3n) is 1.37. The molecule has 0 aromatic carbocycles. The number of carbonyl (C=O) groups is 2. The lowest BCUT2D eigenvalue weighted by Crippen LogP contribution is -2.07. The van der Waals surface area contributed by atoms with Crippen molar-refractivity contribution in [3.8, 4) is 0 Å². The van der Waals surface area contributed by atoms with E-state index < -0.39 is 0 Å². The fourth-order valence-electron chi connectivity index (χ4n) is 0.372. The molecule has 0 unspecified atom stereocenters. The van der Waals surface area contributed by atoms with E-state index >= 15 is 0 Å². The van der Waals surface area contributed by atoms with Gasteiger partial charge in [0.15, 0.2) is 0 Å². The van der Waals surface area contributed by atoms with E-state index in [9.17, 15) is 9.59 Å². The first-order chi connectivity index (χ1) is 4.29. The minimum absolute atomic E-state index is 0. The molecule has 0 spiro atoms. The van der Waals surface area contributed by atoms with Crippen LogP contribution in [0.5, 0.6) is 0 Å². The van der Waals surface area contributed by atoms with Gasteiger partial charge >= 0.3 is 0 Å². The van der Waals surface area contributed by atoms with Crippen LogP contribution in [-0.2, 0) is 9.59 Å². The Bertz CT molecular complexity index is 126. The molecular formula is C8H14O2. The first-order valence-electron chi connectivity index (χ1n) is 3.32. The summed E-state index contributed by atoms with van der Waals surface area (Å²) in [5.74, 6) is 0.852. The van der Waals surface area contributed by atoms with E-state index in [2.05, 4.69) is 0 Å². The number of hydrogen-bond acceptors (Lipinski definition) is 2. The van der Waals surface area contributed by atoms with Crippen molar-refractivity contribution in [3.05, 3.63) is 0 Å². The van der Waals surface area contributed by atoms with Crippen molar-refractivity contribution in [1.29, 1.82) is 0 Å². The molecule has 2 heteroatoms. The van der Waals surface area contributed by atoms with E-state index in [0.717, 1.165) is 32.1 Å². The van der Waals surface area contributed by atoms with Crippen LogP contribution in [0.4, 0.5) is 0 Å².